The standard InChI is InChI=1S/C20H23N3O5/c1-20(2,3)28-19(27)23(10-6-9-15(23)18(25)26)17-13(16(21)24)11-12-7-4-5-8-14(12)22-17/h4-5,7-8,11,15H,6,9-10H2,1-3H3,(H2-,21,24,25,26)/p+1/t15-,23?/m0/s1. The number of aromatic nitrogens is 1. The van der Waals surface area contributed by atoms with E-state index in [1.807, 2.05) is 0 Å². The van der Waals surface area contributed by atoms with Crippen LogP contribution in [0.1, 0.15) is 44.0 Å². The Morgan fingerprint density at radius 1 is 1.25 bits per heavy atom. The number of amides is 2. The van der Waals surface area contributed by atoms with Crippen LogP contribution in [0.25, 0.3) is 10.9 Å². The van der Waals surface area contributed by atoms with Gasteiger partial charge in [-0.3, -0.25) is 4.79 Å². The van der Waals surface area contributed by atoms with E-state index in [9.17, 15) is 19.5 Å². The number of nitrogens with two attached hydrogens (primary N) is 1. The second-order valence-electron chi connectivity index (χ2n) is 7.99. The molecular formula is C20H24N3O5+. The van der Waals surface area contributed by atoms with Gasteiger partial charge in [0.15, 0.2) is 0 Å². The van der Waals surface area contributed by atoms with Gasteiger partial charge in [-0.05, 0) is 32.9 Å². The number of ether oxygens (including phenoxy) is 1. The van der Waals surface area contributed by atoms with E-state index in [2.05, 4.69) is 4.98 Å². The van der Waals surface area contributed by atoms with Gasteiger partial charge in [0.05, 0.1) is 12.1 Å². The number of hydrogen-bond donors (Lipinski definition) is 2. The summed E-state index contributed by atoms with van der Waals surface area (Å²) in [7, 11) is 0. The van der Waals surface area contributed by atoms with Crippen molar-refractivity contribution in [2.75, 3.05) is 6.54 Å². The Labute approximate surface area is 162 Å². The van der Waals surface area contributed by atoms with E-state index in [-0.39, 0.29) is 24.3 Å². The number of rotatable bonds is 3. The normalized spacial score (nSPS) is 22.2. The number of carboxylic acids is 1. The van der Waals surface area contributed by atoms with Gasteiger partial charge in [0.2, 0.25) is 6.04 Å². The lowest BCUT2D eigenvalue weighted by molar-refractivity contribution is -0.141. The van der Waals surface area contributed by atoms with Crippen molar-refractivity contribution in [1.29, 1.82) is 0 Å². The molecule has 1 aromatic carbocycles. The van der Waals surface area contributed by atoms with E-state index in [0.29, 0.717) is 17.3 Å². The average Bonchev–Trinajstić information content (AvgIpc) is 3.05. The fourth-order valence-corrected chi connectivity index (χ4v) is 3.72. The highest BCUT2D eigenvalue weighted by Crippen LogP contribution is 2.39. The van der Waals surface area contributed by atoms with Gasteiger partial charge in [0, 0.05) is 18.2 Å². The summed E-state index contributed by atoms with van der Waals surface area (Å²) in [4.78, 5) is 42.1. The highest BCUT2D eigenvalue weighted by molar-refractivity contribution is 6.04. The van der Waals surface area contributed by atoms with Crippen molar-refractivity contribution in [2.24, 2.45) is 5.73 Å². The van der Waals surface area contributed by atoms with Crippen LogP contribution in [-0.2, 0) is 9.53 Å². The number of likely N-dealkylation sites (tertiary alicyclic amines) is 1. The number of carbonyl (C=O) groups is 3. The molecule has 2 atom stereocenters. The Morgan fingerprint density at radius 3 is 2.54 bits per heavy atom. The van der Waals surface area contributed by atoms with Crippen LogP contribution in [0, 0.1) is 0 Å². The second-order valence-corrected chi connectivity index (χ2v) is 7.99. The molecule has 148 valence electrons. The van der Waals surface area contributed by atoms with Crippen LogP contribution in [0.2, 0.25) is 0 Å². The molecule has 2 aromatic rings. The number of carbonyl (C=O) groups excluding carboxylic acids is 2. The summed E-state index contributed by atoms with van der Waals surface area (Å²) >= 11 is 0. The average molecular weight is 386 g/mol. The maximum absolute atomic E-state index is 13.3. The zero-order valence-electron chi connectivity index (χ0n) is 16.1. The second kappa shape index (κ2) is 6.87. The van der Waals surface area contributed by atoms with Gasteiger partial charge in [0.1, 0.15) is 11.2 Å². The summed E-state index contributed by atoms with van der Waals surface area (Å²) < 4.78 is 4.90. The molecule has 0 aliphatic carbocycles. The van der Waals surface area contributed by atoms with Crippen molar-refractivity contribution in [2.45, 2.75) is 45.3 Å². The number of pyridine rings is 1. The van der Waals surface area contributed by atoms with Crippen LogP contribution in [0.3, 0.4) is 0 Å². The first-order valence-electron chi connectivity index (χ1n) is 9.10. The molecule has 0 spiro atoms. The Balaban J connectivity index is 2.32. The van der Waals surface area contributed by atoms with E-state index in [0.717, 1.165) is 0 Å². The van der Waals surface area contributed by atoms with Gasteiger partial charge in [0.25, 0.3) is 11.7 Å². The van der Waals surface area contributed by atoms with Crippen LogP contribution in [0.5, 0.6) is 0 Å². The number of nitrogens with zero attached hydrogens (tertiary/aromatic N) is 2. The summed E-state index contributed by atoms with van der Waals surface area (Å²) in [5.74, 6) is -1.88. The van der Waals surface area contributed by atoms with Crippen LogP contribution in [0.15, 0.2) is 30.3 Å². The van der Waals surface area contributed by atoms with E-state index < -0.39 is 34.1 Å². The molecule has 1 aliphatic rings. The zero-order chi connectivity index (χ0) is 20.7. The summed E-state index contributed by atoms with van der Waals surface area (Å²) in [5, 5.41) is 10.5. The van der Waals surface area contributed by atoms with Crippen molar-refractivity contribution in [1.82, 2.24) is 9.47 Å². The minimum atomic E-state index is -1.14. The predicted molar refractivity (Wildman–Crippen MR) is 104 cm³/mol. The number of fused-ring (bicyclic) bond motifs is 1. The number of benzene rings is 1. The number of quaternary nitrogens is 1. The topological polar surface area (TPSA) is 120 Å². The quantitative estimate of drug-likeness (QED) is 0.783. The SMILES string of the molecule is CC(C)(C)OC(=O)[N+]1(c2nc3ccccc3cc2C(N)=O)CCC[C@H]1C(=O)O. The van der Waals surface area contributed by atoms with Gasteiger partial charge in [-0.2, -0.15) is 14.3 Å². The molecular weight excluding hydrogens is 362 g/mol. The predicted octanol–water partition coefficient (Wildman–Crippen LogP) is 2.82. The zero-order valence-corrected chi connectivity index (χ0v) is 16.1. The third-order valence-corrected chi connectivity index (χ3v) is 4.87. The monoisotopic (exact) mass is 386 g/mol. The van der Waals surface area contributed by atoms with Crippen molar-refractivity contribution < 1.29 is 24.2 Å². The molecule has 1 fully saturated rings. The molecule has 2 heterocycles. The van der Waals surface area contributed by atoms with E-state index in [4.69, 9.17) is 10.5 Å². The molecule has 0 bridgehead atoms. The first-order chi connectivity index (χ1) is 13.1. The summed E-state index contributed by atoms with van der Waals surface area (Å²) in [6, 6.07) is 7.53. The molecule has 8 nitrogen and oxygen atoms in total. The Bertz CT molecular complexity index is 966. The molecule has 0 radical (unpaired) electrons. The molecule has 1 unspecified atom stereocenters. The summed E-state index contributed by atoms with van der Waals surface area (Å²) in [5.41, 5.74) is 5.32. The first-order valence-corrected chi connectivity index (χ1v) is 9.10. The van der Waals surface area contributed by atoms with E-state index in [1.165, 1.54) is 0 Å². The Morgan fingerprint density at radius 2 is 1.93 bits per heavy atom. The van der Waals surface area contributed by atoms with Crippen molar-refractivity contribution in [3.8, 4) is 0 Å². The maximum atomic E-state index is 13.3. The van der Waals surface area contributed by atoms with Crippen LogP contribution in [0.4, 0.5) is 10.6 Å². The van der Waals surface area contributed by atoms with Gasteiger partial charge in [-0.1, -0.05) is 18.2 Å². The molecule has 3 rings (SSSR count). The lowest BCUT2D eigenvalue weighted by Gasteiger charge is -2.35. The number of hydrogen-bond acceptors (Lipinski definition) is 5. The number of carboxylic acid groups (broad SMARTS) is 1. The lowest BCUT2D eigenvalue weighted by atomic mass is 10.1. The Kier molecular flexibility index (Phi) is 4.84. The van der Waals surface area contributed by atoms with Crippen LogP contribution >= 0.6 is 0 Å². The van der Waals surface area contributed by atoms with Gasteiger partial charge in [-0.25, -0.2) is 4.79 Å². The van der Waals surface area contributed by atoms with Gasteiger partial charge >= 0.3 is 12.1 Å². The molecule has 8 heteroatoms. The lowest BCUT2D eigenvalue weighted by Crippen LogP contribution is -2.62. The van der Waals surface area contributed by atoms with Crippen molar-refractivity contribution in [3.05, 3.63) is 35.9 Å². The van der Waals surface area contributed by atoms with E-state index >= 15 is 0 Å². The third kappa shape index (κ3) is 3.31. The Hall–Kier alpha value is -3.00. The van der Waals surface area contributed by atoms with Crippen molar-refractivity contribution >= 4 is 34.7 Å². The number of para-hydroxylation sites is 1. The van der Waals surface area contributed by atoms with Gasteiger partial charge < -0.3 is 15.6 Å². The summed E-state index contributed by atoms with van der Waals surface area (Å²) in [6.07, 6.45) is -0.00724. The highest BCUT2D eigenvalue weighted by Gasteiger charge is 2.58. The minimum absolute atomic E-state index is 0.0257. The highest BCUT2D eigenvalue weighted by atomic mass is 16.6. The first kappa shape index (κ1) is 19.8. The minimum Gasteiger partial charge on any atom is -0.477 e. The molecule has 1 aromatic heterocycles. The maximum Gasteiger partial charge on any atom is 0.523 e. The van der Waals surface area contributed by atoms with Gasteiger partial charge in [-0.15, -0.1) is 0 Å². The van der Waals surface area contributed by atoms with Crippen LogP contribution in [-0.4, -0.2) is 46.2 Å². The fourth-order valence-electron chi connectivity index (χ4n) is 3.72. The molecule has 3 N–H and O–H groups in total. The molecule has 28 heavy (non-hydrogen) atoms. The van der Waals surface area contributed by atoms with Crippen LogP contribution < -0.4 is 10.2 Å². The molecule has 1 saturated heterocycles. The van der Waals surface area contributed by atoms with E-state index in [1.54, 1.807) is 51.1 Å². The number of primary amides is 1. The number of aliphatic carboxylic acids is 1. The smallest absolute Gasteiger partial charge is 0.477 e. The van der Waals surface area contributed by atoms with Crippen molar-refractivity contribution in [3.63, 3.8) is 0 Å². The largest absolute Gasteiger partial charge is 0.523 e. The molecule has 2 amide bonds. The summed E-state index contributed by atoms with van der Waals surface area (Å²) in [6.45, 7) is 5.28. The molecule has 0 saturated carbocycles. The third-order valence-electron chi connectivity index (χ3n) is 4.87. The fraction of sp³-hybridized carbons (Fsp3) is 0.400. The molecule has 1 aliphatic heterocycles.